The Kier molecular flexibility index (Phi) is 5.23. The number of hydrogen-bond acceptors (Lipinski definition) is 6. The number of amides is 1. The summed E-state index contributed by atoms with van der Waals surface area (Å²) in [6, 6.07) is 6.72. The van der Waals surface area contributed by atoms with Crippen LogP contribution < -0.4 is 5.32 Å². The molecule has 3 aromatic rings. The molecular weight excluding hydrogens is 404 g/mol. The molecule has 158 valence electrons. The van der Waals surface area contributed by atoms with Gasteiger partial charge < -0.3 is 9.84 Å². The summed E-state index contributed by atoms with van der Waals surface area (Å²) in [4.78, 5) is 13.1. The van der Waals surface area contributed by atoms with Gasteiger partial charge in [-0.2, -0.15) is 5.10 Å². The summed E-state index contributed by atoms with van der Waals surface area (Å²) in [6.45, 7) is 4.19. The Morgan fingerprint density at radius 1 is 1.17 bits per heavy atom. The molecule has 30 heavy (non-hydrogen) atoms. The van der Waals surface area contributed by atoms with Crippen LogP contribution >= 0.6 is 0 Å². The van der Waals surface area contributed by atoms with Crippen LogP contribution in [-0.4, -0.2) is 35.5 Å². The fraction of sp³-hybridized carbons (Fsp3) is 0.381. The van der Waals surface area contributed by atoms with Crippen LogP contribution in [0.4, 0.5) is 5.69 Å². The van der Waals surface area contributed by atoms with E-state index in [0.29, 0.717) is 23.6 Å². The number of aromatic nitrogens is 3. The predicted octanol–water partition coefficient (Wildman–Crippen LogP) is 3.07. The molecule has 1 N–H and O–H groups in total. The van der Waals surface area contributed by atoms with Gasteiger partial charge in [-0.25, -0.2) is 8.42 Å². The number of anilines is 1. The van der Waals surface area contributed by atoms with Gasteiger partial charge in [-0.3, -0.25) is 9.48 Å². The lowest BCUT2D eigenvalue weighted by Gasteiger charge is -2.10. The number of rotatable bonds is 5. The molecule has 0 atom stereocenters. The molecule has 0 fully saturated rings. The van der Waals surface area contributed by atoms with Crippen LogP contribution in [0.15, 0.2) is 33.7 Å². The number of nitrogens with zero attached hydrogens (tertiary/aromatic N) is 3. The van der Waals surface area contributed by atoms with E-state index in [1.165, 1.54) is 6.26 Å². The van der Waals surface area contributed by atoms with Crippen LogP contribution in [0.3, 0.4) is 0 Å². The van der Waals surface area contributed by atoms with E-state index in [1.54, 1.807) is 28.9 Å². The number of hydrogen-bond donors (Lipinski definition) is 1. The maximum atomic E-state index is 12.8. The van der Waals surface area contributed by atoms with Crippen molar-refractivity contribution in [3.05, 3.63) is 58.2 Å². The molecule has 4 rings (SSSR count). The molecule has 0 unspecified atom stereocenters. The van der Waals surface area contributed by atoms with Crippen molar-refractivity contribution >= 4 is 21.4 Å². The van der Waals surface area contributed by atoms with E-state index in [4.69, 9.17) is 4.52 Å². The number of aryl methyl sites for hydroxylation is 2. The van der Waals surface area contributed by atoms with Crippen molar-refractivity contribution in [2.45, 2.75) is 51.0 Å². The molecule has 9 heteroatoms. The van der Waals surface area contributed by atoms with E-state index >= 15 is 0 Å². The molecule has 0 bridgehead atoms. The van der Waals surface area contributed by atoms with Gasteiger partial charge in [-0.05, 0) is 50.8 Å². The fourth-order valence-electron chi connectivity index (χ4n) is 3.78. The van der Waals surface area contributed by atoms with E-state index in [9.17, 15) is 13.2 Å². The largest absolute Gasteiger partial charge is 0.360 e. The number of nitrogens with one attached hydrogen (secondary N) is 1. The zero-order valence-electron chi connectivity index (χ0n) is 17.2. The van der Waals surface area contributed by atoms with E-state index in [1.807, 2.05) is 13.8 Å². The number of benzene rings is 1. The Bertz CT molecular complexity index is 1210. The molecule has 0 saturated heterocycles. The van der Waals surface area contributed by atoms with E-state index < -0.39 is 9.84 Å². The lowest BCUT2D eigenvalue weighted by molar-refractivity contribution is 0.101. The summed E-state index contributed by atoms with van der Waals surface area (Å²) in [5.74, 6) is 0.526. The van der Waals surface area contributed by atoms with E-state index in [2.05, 4.69) is 15.6 Å². The molecule has 1 aliphatic carbocycles. The van der Waals surface area contributed by atoms with Crippen LogP contribution in [0.25, 0.3) is 0 Å². The van der Waals surface area contributed by atoms with Crippen molar-refractivity contribution < 1.29 is 17.7 Å². The lowest BCUT2D eigenvalue weighted by Crippen LogP contribution is -2.16. The SMILES string of the molecule is Cc1nn(Cc2ccc(S(C)(=O)=O)cc2)c(C)c1NC(=O)c1noc2c1CCCC2. The van der Waals surface area contributed by atoms with Gasteiger partial charge in [0.25, 0.3) is 5.91 Å². The number of carbonyl (C=O) groups is 1. The van der Waals surface area contributed by atoms with Gasteiger partial charge in [0, 0.05) is 18.2 Å². The smallest absolute Gasteiger partial charge is 0.278 e. The van der Waals surface area contributed by atoms with Gasteiger partial charge in [0.15, 0.2) is 15.5 Å². The van der Waals surface area contributed by atoms with Gasteiger partial charge in [0.05, 0.1) is 28.5 Å². The monoisotopic (exact) mass is 428 g/mol. The number of sulfone groups is 1. The van der Waals surface area contributed by atoms with Crippen molar-refractivity contribution in [3.8, 4) is 0 Å². The minimum absolute atomic E-state index is 0.281. The zero-order valence-corrected chi connectivity index (χ0v) is 18.0. The van der Waals surface area contributed by atoms with Crippen molar-refractivity contribution in [1.29, 1.82) is 0 Å². The van der Waals surface area contributed by atoms with Crippen molar-refractivity contribution in [2.75, 3.05) is 11.6 Å². The van der Waals surface area contributed by atoms with Gasteiger partial charge in [-0.1, -0.05) is 17.3 Å². The maximum absolute atomic E-state index is 12.8. The first-order valence-electron chi connectivity index (χ1n) is 9.86. The Hall–Kier alpha value is -2.94. The Morgan fingerprint density at radius 2 is 1.87 bits per heavy atom. The Labute approximate surface area is 175 Å². The highest BCUT2D eigenvalue weighted by Crippen LogP contribution is 2.26. The molecule has 2 heterocycles. The van der Waals surface area contributed by atoms with Gasteiger partial charge >= 0.3 is 0 Å². The van der Waals surface area contributed by atoms with Gasteiger partial charge in [-0.15, -0.1) is 0 Å². The maximum Gasteiger partial charge on any atom is 0.278 e. The summed E-state index contributed by atoms with van der Waals surface area (Å²) in [5.41, 5.74) is 4.34. The van der Waals surface area contributed by atoms with Crippen molar-refractivity contribution in [2.24, 2.45) is 0 Å². The molecule has 0 saturated carbocycles. The zero-order chi connectivity index (χ0) is 21.5. The quantitative estimate of drug-likeness (QED) is 0.669. The second-order valence-corrected chi connectivity index (χ2v) is 9.73. The standard InChI is InChI=1S/C21H24N4O4S/c1-13-19(22-21(26)20-17-6-4-5-7-18(17)29-24-20)14(2)25(23-13)12-15-8-10-16(11-9-15)30(3,27)28/h8-11H,4-7,12H2,1-3H3,(H,22,26). The first-order valence-corrected chi connectivity index (χ1v) is 11.7. The third kappa shape index (κ3) is 3.89. The third-order valence-corrected chi connectivity index (χ3v) is 6.60. The second kappa shape index (κ2) is 7.71. The molecule has 8 nitrogen and oxygen atoms in total. The highest BCUT2D eigenvalue weighted by atomic mass is 32.2. The lowest BCUT2D eigenvalue weighted by atomic mass is 9.96. The topological polar surface area (TPSA) is 107 Å². The minimum atomic E-state index is -3.23. The second-order valence-electron chi connectivity index (χ2n) is 7.71. The van der Waals surface area contributed by atoms with Crippen LogP contribution in [0.2, 0.25) is 0 Å². The van der Waals surface area contributed by atoms with Crippen LogP contribution in [0.5, 0.6) is 0 Å². The van der Waals surface area contributed by atoms with E-state index in [-0.39, 0.29) is 10.8 Å². The predicted molar refractivity (Wildman–Crippen MR) is 111 cm³/mol. The Balaban J connectivity index is 1.54. The Morgan fingerprint density at radius 3 is 2.57 bits per heavy atom. The highest BCUT2D eigenvalue weighted by molar-refractivity contribution is 7.90. The normalized spacial score (nSPS) is 13.8. The molecule has 0 radical (unpaired) electrons. The molecule has 1 aliphatic rings. The van der Waals surface area contributed by atoms with Crippen LogP contribution in [0, 0.1) is 13.8 Å². The van der Waals surface area contributed by atoms with Gasteiger partial charge in [0.1, 0.15) is 5.76 Å². The fourth-order valence-corrected chi connectivity index (χ4v) is 4.41. The highest BCUT2D eigenvalue weighted by Gasteiger charge is 2.25. The van der Waals surface area contributed by atoms with E-state index in [0.717, 1.165) is 48.3 Å². The minimum Gasteiger partial charge on any atom is -0.360 e. The molecule has 0 aliphatic heterocycles. The van der Waals surface area contributed by atoms with Gasteiger partial charge in [0.2, 0.25) is 0 Å². The third-order valence-electron chi connectivity index (χ3n) is 5.47. The van der Waals surface area contributed by atoms with Crippen molar-refractivity contribution in [3.63, 3.8) is 0 Å². The average Bonchev–Trinajstić information content (AvgIpc) is 3.24. The molecule has 1 aromatic carbocycles. The summed E-state index contributed by atoms with van der Waals surface area (Å²) in [7, 11) is -3.23. The molecule has 2 aromatic heterocycles. The molecule has 1 amide bonds. The first kappa shape index (κ1) is 20.3. The first-order chi connectivity index (χ1) is 14.2. The number of carbonyl (C=O) groups excluding carboxylic acids is 1. The molecule has 0 spiro atoms. The van der Waals surface area contributed by atoms with Crippen molar-refractivity contribution in [1.82, 2.24) is 14.9 Å². The summed E-state index contributed by atoms with van der Waals surface area (Å²) in [6.07, 6.45) is 4.90. The molecular formula is C21H24N4O4S. The number of fused-ring (bicyclic) bond motifs is 1. The van der Waals surface area contributed by atoms with Crippen LogP contribution in [0.1, 0.15) is 51.6 Å². The summed E-state index contributed by atoms with van der Waals surface area (Å²) < 4.78 is 30.4. The summed E-state index contributed by atoms with van der Waals surface area (Å²) >= 11 is 0. The summed E-state index contributed by atoms with van der Waals surface area (Å²) in [5, 5.41) is 11.5. The average molecular weight is 429 g/mol. The van der Waals surface area contributed by atoms with Crippen LogP contribution in [-0.2, 0) is 29.2 Å².